The number of hydrogen-bond acceptors (Lipinski definition) is 5. The molecule has 2 aromatic heterocycles. The Morgan fingerprint density at radius 2 is 2.14 bits per heavy atom. The van der Waals surface area contributed by atoms with Gasteiger partial charge in [-0.05, 0) is 56.1 Å². The molecule has 0 saturated carbocycles. The van der Waals surface area contributed by atoms with Crippen LogP contribution in [0, 0.1) is 18.3 Å². The number of benzene rings is 1. The van der Waals surface area contributed by atoms with Crippen LogP contribution < -0.4 is 4.90 Å². The number of rotatable bonds is 3. The summed E-state index contributed by atoms with van der Waals surface area (Å²) < 4.78 is 15.3. The molecule has 0 aliphatic carbocycles. The molecule has 3 aromatic rings. The zero-order valence-electron chi connectivity index (χ0n) is 16.4. The first-order chi connectivity index (χ1) is 14.2. The molecule has 0 amide bonds. The van der Waals surface area contributed by atoms with Gasteiger partial charge in [0.05, 0.1) is 21.7 Å². The second-order valence-corrected chi connectivity index (χ2v) is 9.18. The summed E-state index contributed by atoms with van der Waals surface area (Å²) in [5.74, 6) is 0. The van der Waals surface area contributed by atoms with Crippen molar-refractivity contribution in [3.05, 3.63) is 53.9 Å². The predicted molar refractivity (Wildman–Crippen MR) is 114 cm³/mol. The van der Waals surface area contributed by atoms with E-state index in [4.69, 9.17) is 0 Å². The summed E-state index contributed by atoms with van der Waals surface area (Å²) in [7, 11) is -1.51. The van der Waals surface area contributed by atoms with E-state index in [0.717, 1.165) is 41.9 Å². The first kappa shape index (κ1) is 18.3. The minimum atomic E-state index is -1.51. The quantitative estimate of drug-likeness (QED) is 0.670. The number of anilines is 1. The molecule has 2 fully saturated rings. The lowest BCUT2D eigenvalue weighted by atomic mass is 10.1. The molecule has 2 aliphatic heterocycles. The summed E-state index contributed by atoms with van der Waals surface area (Å²) in [6.07, 6.45) is 6.26. The first-order valence-electron chi connectivity index (χ1n) is 10.0. The largest absolute Gasteiger partial charge is 0.366 e. The molecule has 2 atom stereocenters. The molecule has 2 aliphatic rings. The zero-order valence-corrected chi connectivity index (χ0v) is 17.2. The van der Waals surface area contributed by atoms with Gasteiger partial charge in [-0.15, -0.1) is 0 Å². The van der Waals surface area contributed by atoms with Crippen molar-refractivity contribution in [2.24, 2.45) is 0 Å². The fourth-order valence-corrected chi connectivity index (χ4v) is 5.89. The van der Waals surface area contributed by atoms with Crippen molar-refractivity contribution in [1.29, 1.82) is 5.26 Å². The van der Waals surface area contributed by atoms with Gasteiger partial charge in [-0.3, -0.25) is 13.9 Å². The lowest BCUT2D eigenvalue weighted by molar-refractivity contribution is 0.231. The molecule has 6 nitrogen and oxygen atoms in total. The maximum atomic E-state index is 13.5. The summed E-state index contributed by atoms with van der Waals surface area (Å²) in [5, 5.41) is 9.50. The van der Waals surface area contributed by atoms with E-state index in [1.165, 1.54) is 19.4 Å². The van der Waals surface area contributed by atoms with E-state index in [1.807, 2.05) is 37.4 Å². The van der Waals surface area contributed by atoms with Crippen LogP contribution in [-0.4, -0.2) is 50.3 Å². The van der Waals surface area contributed by atoms with Crippen molar-refractivity contribution in [2.75, 3.05) is 31.1 Å². The minimum absolute atomic E-state index is 0.445. The van der Waals surface area contributed by atoms with Gasteiger partial charge in [0.1, 0.15) is 11.6 Å². The average Bonchev–Trinajstić information content (AvgIpc) is 3.37. The lowest BCUT2D eigenvalue weighted by Crippen LogP contribution is -2.50. The first-order valence-corrected chi connectivity index (χ1v) is 11.1. The molecule has 2 unspecified atom stereocenters. The van der Waals surface area contributed by atoms with E-state index in [0.29, 0.717) is 16.5 Å². The standard InChI is InChI=1S/C22H23N5OS/c1-16-6-7-17(13-23)21(12-16)29(28)27-15-20(22-19(27)5-2-8-24-22)26-11-10-25-9-3-4-18(25)14-26/h2,5-8,12,15,18H,3-4,9-11,14H2,1H3. The number of hydrogen-bond donors (Lipinski definition) is 0. The molecule has 2 saturated heterocycles. The van der Waals surface area contributed by atoms with Crippen LogP contribution in [0.1, 0.15) is 24.0 Å². The fraction of sp³-hybridized carbons (Fsp3) is 0.364. The van der Waals surface area contributed by atoms with Crippen LogP contribution in [0.5, 0.6) is 0 Å². The van der Waals surface area contributed by atoms with Gasteiger partial charge in [-0.25, -0.2) is 4.21 Å². The third-order valence-electron chi connectivity index (χ3n) is 6.06. The second kappa shape index (κ2) is 7.29. The number of aromatic nitrogens is 2. The number of nitriles is 1. The minimum Gasteiger partial charge on any atom is -0.366 e. The molecule has 29 heavy (non-hydrogen) atoms. The van der Waals surface area contributed by atoms with E-state index >= 15 is 0 Å². The molecule has 0 radical (unpaired) electrons. The molecule has 5 rings (SSSR count). The van der Waals surface area contributed by atoms with Crippen LogP contribution in [-0.2, 0) is 11.0 Å². The van der Waals surface area contributed by atoms with Gasteiger partial charge < -0.3 is 4.90 Å². The number of pyridine rings is 1. The Morgan fingerprint density at radius 1 is 1.24 bits per heavy atom. The summed E-state index contributed by atoms with van der Waals surface area (Å²) in [6, 6.07) is 12.1. The molecular weight excluding hydrogens is 382 g/mol. The van der Waals surface area contributed by atoms with Gasteiger partial charge in [0, 0.05) is 38.1 Å². The number of aryl methyl sites for hydroxylation is 1. The van der Waals surface area contributed by atoms with Crippen LogP contribution in [0.25, 0.3) is 11.0 Å². The highest BCUT2D eigenvalue weighted by Crippen LogP contribution is 2.33. The van der Waals surface area contributed by atoms with E-state index in [9.17, 15) is 9.47 Å². The highest BCUT2D eigenvalue weighted by Gasteiger charge is 2.32. The molecular formula is C22H23N5OS. The van der Waals surface area contributed by atoms with Gasteiger partial charge in [0.2, 0.25) is 0 Å². The average molecular weight is 406 g/mol. The third kappa shape index (κ3) is 3.13. The number of piperazine rings is 1. The molecule has 4 heterocycles. The second-order valence-electron chi connectivity index (χ2n) is 7.85. The maximum absolute atomic E-state index is 13.5. The monoisotopic (exact) mass is 405 g/mol. The van der Waals surface area contributed by atoms with Crippen molar-refractivity contribution >= 4 is 27.7 Å². The van der Waals surface area contributed by atoms with Crippen LogP contribution in [0.3, 0.4) is 0 Å². The van der Waals surface area contributed by atoms with Crippen molar-refractivity contribution in [3.63, 3.8) is 0 Å². The van der Waals surface area contributed by atoms with Crippen molar-refractivity contribution in [1.82, 2.24) is 13.9 Å². The topological polar surface area (TPSA) is 65.2 Å². The molecule has 0 N–H and O–H groups in total. The normalized spacial score (nSPS) is 20.6. The van der Waals surface area contributed by atoms with Crippen LogP contribution in [0.4, 0.5) is 5.69 Å². The Balaban J connectivity index is 1.59. The van der Waals surface area contributed by atoms with Crippen molar-refractivity contribution < 1.29 is 4.21 Å². The molecule has 148 valence electrons. The summed E-state index contributed by atoms with van der Waals surface area (Å²) in [6.45, 7) is 6.14. The van der Waals surface area contributed by atoms with E-state index in [-0.39, 0.29) is 0 Å². The highest BCUT2D eigenvalue weighted by atomic mass is 32.2. The van der Waals surface area contributed by atoms with Gasteiger partial charge in [0.25, 0.3) is 0 Å². The molecule has 0 spiro atoms. The van der Waals surface area contributed by atoms with Crippen LogP contribution >= 0.6 is 0 Å². The van der Waals surface area contributed by atoms with Gasteiger partial charge in [-0.1, -0.05) is 6.07 Å². The van der Waals surface area contributed by atoms with Crippen molar-refractivity contribution in [3.8, 4) is 6.07 Å². The zero-order chi connectivity index (χ0) is 20.0. The molecule has 1 aromatic carbocycles. The predicted octanol–water partition coefficient (Wildman–Crippen LogP) is 3.07. The fourth-order valence-electron chi connectivity index (χ4n) is 4.56. The van der Waals surface area contributed by atoms with E-state index < -0.39 is 11.0 Å². The van der Waals surface area contributed by atoms with E-state index in [2.05, 4.69) is 20.9 Å². The van der Waals surface area contributed by atoms with Crippen LogP contribution in [0.2, 0.25) is 0 Å². The Labute approximate surface area is 173 Å². The third-order valence-corrected chi connectivity index (χ3v) is 7.43. The molecule has 7 heteroatoms. The van der Waals surface area contributed by atoms with Gasteiger partial charge in [0.15, 0.2) is 11.0 Å². The Kier molecular flexibility index (Phi) is 4.61. The number of nitrogens with zero attached hydrogens (tertiary/aromatic N) is 5. The maximum Gasteiger partial charge on any atom is 0.158 e. The van der Waals surface area contributed by atoms with Gasteiger partial charge in [-0.2, -0.15) is 5.26 Å². The summed E-state index contributed by atoms with van der Waals surface area (Å²) >= 11 is 0. The SMILES string of the molecule is Cc1ccc(C#N)c(S(=O)n2cc(N3CCN4CCCC4C3)c3ncccc32)c1. The summed E-state index contributed by atoms with van der Waals surface area (Å²) in [5.41, 5.74) is 4.17. The van der Waals surface area contributed by atoms with Gasteiger partial charge >= 0.3 is 0 Å². The van der Waals surface area contributed by atoms with Crippen LogP contribution in [0.15, 0.2) is 47.6 Å². The number of fused-ring (bicyclic) bond motifs is 2. The highest BCUT2D eigenvalue weighted by molar-refractivity contribution is 7.83. The smallest absolute Gasteiger partial charge is 0.158 e. The Hall–Kier alpha value is -2.69. The summed E-state index contributed by atoms with van der Waals surface area (Å²) in [4.78, 5) is 10.1. The Bertz CT molecular complexity index is 1150. The Morgan fingerprint density at radius 3 is 3.00 bits per heavy atom. The lowest BCUT2D eigenvalue weighted by Gasteiger charge is -2.38. The van der Waals surface area contributed by atoms with Crippen molar-refractivity contribution in [2.45, 2.75) is 30.7 Å². The van der Waals surface area contributed by atoms with E-state index in [1.54, 1.807) is 16.2 Å². The molecule has 0 bridgehead atoms.